The molecule has 0 aliphatic carbocycles. The van der Waals surface area contributed by atoms with Crippen LogP contribution in [0.1, 0.15) is 36.2 Å². The number of hydrogen-bond donors (Lipinski definition) is 1. The summed E-state index contributed by atoms with van der Waals surface area (Å²) in [6.45, 7) is 7.49. The second kappa shape index (κ2) is 11.5. The number of amides is 1. The van der Waals surface area contributed by atoms with Gasteiger partial charge in [-0.1, -0.05) is 42.3 Å². The fourth-order valence-corrected chi connectivity index (χ4v) is 5.86. The van der Waals surface area contributed by atoms with Crippen LogP contribution in [0.5, 0.6) is 5.75 Å². The van der Waals surface area contributed by atoms with Crippen LogP contribution in [0.25, 0.3) is 0 Å². The number of nitrogens with one attached hydrogen (secondary N) is 1. The SMILES string of the molecule is CC[C@@H](C)Oc1ccc(C(=O)Nc2cccc(Cl)c2N2CCN(S(=O)(=O)c3ccc(C)cc3)CC2)cc1. The first-order valence-corrected chi connectivity index (χ1v) is 14.2. The molecular formula is C28H32ClN3O4S. The van der Waals surface area contributed by atoms with E-state index in [4.69, 9.17) is 16.3 Å². The first-order valence-electron chi connectivity index (χ1n) is 12.4. The Morgan fingerprint density at radius 3 is 2.27 bits per heavy atom. The molecule has 37 heavy (non-hydrogen) atoms. The number of halogens is 1. The number of rotatable bonds is 8. The largest absolute Gasteiger partial charge is 0.491 e. The Morgan fingerprint density at radius 1 is 1.00 bits per heavy atom. The van der Waals surface area contributed by atoms with E-state index in [1.807, 2.05) is 18.7 Å². The summed E-state index contributed by atoms with van der Waals surface area (Å²) in [5.41, 5.74) is 2.76. The second-order valence-corrected chi connectivity index (χ2v) is 11.5. The molecular weight excluding hydrogens is 510 g/mol. The minimum atomic E-state index is -3.58. The predicted molar refractivity (Wildman–Crippen MR) is 148 cm³/mol. The average molecular weight is 542 g/mol. The fourth-order valence-electron chi connectivity index (χ4n) is 4.14. The molecule has 4 rings (SSSR count). The molecule has 1 aliphatic rings. The zero-order chi connectivity index (χ0) is 26.6. The lowest BCUT2D eigenvalue weighted by Gasteiger charge is -2.36. The minimum absolute atomic E-state index is 0.0982. The van der Waals surface area contributed by atoms with Crippen molar-refractivity contribution in [3.63, 3.8) is 0 Å². The molecule has 0 bridgehead atoms. The fraction of sp³-hybridized carbons (Fsp3) is 0.321. The Balaban J connectivity index is 1.46. The van der Waals surface area contributed by atoms with E-state index in [1.54, 1.807) is 66.7 Å². The predicted octanol–water partition coefficient (Wildman–Crippen LogP) is 5.59. The highest BCUT2D eigenvalue weighted by Gasteiger charge is 2.30. The van der Waals surface area contributed by atoms with Crippen LogP contribution in [-0.4, -0.2) is 50.9 Å². The van der Waals surface area contributed by atoms with Gasteiger partial charge in [-0.3, -0.25) is 4.79 Å². The van der Waals surface area contributed by atoms with Gasteiger partial charge in [-0.25, -0.2) is 8.42 Å². The Kier molecular flexibility index (Phi) is 8.42. The number of hydrogen-bond acceptors (Lipinski definition) is 5. The smallest absolute Gasteiger partial charge is 0.255 e. The van der Waals surface area contributed by atoms with Crippen molar-refractivity contribution in [2.24, 2.45) is 0 Å². The maximum atomic E-state index is 13.1. The van der Waals surface area contributed by atoms with Gasteiger partial charge in [0.2, 0.25) is 10.0 Å². The molecule has 9 heteroatoms. The second-order valence-electron chi connectivity index (χ2n) is 9.16. The molecule has 3 aromatic rings. The number of nitrogens with zero attached hydrogens (tertiary/aromatic N) is 2. The van der Waals surface area contributed by atoms with Crippen LogP contribution in [0.4, 0.5) is 11.4 Å². The number of aryl methyl sites for hydroxylation is 1. The zero-order valence-electron chi connectivity index (χ0n) is 21.3. The van der Waals surface area contributed by atoms with Gasteiger partial charge in [-0.2, -0.15) is 4.31 Å². The van der Waals surface area contributed by atoms with E-state index < -0.39 is 10.0 Å². The van der Waals surface area contributed by atoms with Gasteiger partial charge in [0.1, 0.15) is 5.75 Å². The molecule has 1 fully saturated rings. The molecule has 0 aromatic heterocycles. The normalized spacial score (nSPS) is 15.3. The van der Waals surface area contributed by atoms with Gasteiger partial charge in [0, 0.05) is 31.7 Å². The number of benzene rings is 3. The van der Waals surface area contributed by atoms with Gasteiger partial charge in [0.05, 0.1) is 27.4 Å². The van der Waals surface area contributed by atoms with Crippen LogP contribution in [0, 0.1) is 6.92 Å². The number of anilines is 2. The highest BCUT2D eigenvalue weighted by Crippen LogP contribution is 2.35. The highest BCUT2D eigenvalue weighted by molar-refractivity contribution is 7.89. The standard InChI is InChI=1S/C28H32ClN3O4S/c1-4-21(3)36-23-12-10-22(11-13-23)28(33)30-26-7-5-6-25(29)27(26)31-16-18-32(19-17-31)37(34,35)24-14-8-20(2)9-15-24/h5-15,21H,4,16-19H2,1-3H3,(H,30,33)/t21-/m1/s1. The van der Waals surface area contributed by atoms with Crippen LogP contribution in [-0.2, 0) is 10.0 Å². The minimum Gasteiger partial charge on any atom is -0.491 e. The van der Waals surface area contributed by atoms with Gasteiger partial charge in [0.25, 0.3) is 5.91 Å². The number of piperazine rings is 1. The van der Waals surface area contributed by atoms with Crippen LogP contribution < -0.4 is 15.0 Å². The summed E-state index contributed by atoms with van der Waals surface area (Å²) in [5.74, 6) is 0.451. The first kappa shape index (κ1) is 27.0. The Labute approximate surface area is 224 Å². The van der Waals surface area contributed by atoms with Crippen molar-refractivity contribution in [2.45, 2.75) is 38.2 Å². The monoisotopic (exact) mass is 541 g/mol. The quantitative estimate of drug-likeness (QED) is 0.402. The van der Waals surface area contributed by atoms with Crippen molar-refractivity contribution in [3.05, 3.63) is 82.9 Å². The summed E-state index contributed by atoms with van der Waals surface area (Å²) in [5, 5.41) is 3.46. The average Bonchev–Trinajstić information content (AvgIpc) is 2.89. The van der Waals surface area contributed by atoms with Crippen molar-refractivity contribution in [3.8, 4) is 5.75 Å². The van der Waals surface area contributed by atoms with Crippen molar-refractivity contribution in [1.29, 1.82) is 0 Å². The summed E-state index contributed by atoms with van der Waals surface area (Å²) in [4.78, 5) is 15.3. The third-order valence-electron chi connectivity index (χ3n) is 6.48. The lowest BCUT2D eigenvalue weighted by Crippen LogP contribution is -2.49. The Bertz CT molecular complexity index is 1340. The molecule has 0 unspecified atom stereocenters. The summed E-state index contributed by atoms with van der Waals surface area (Å²) < 4.78 is 33.5. The molecule has 1 saturated heterocycles. The first-order chi connectivity index (χ1) is 17.7. The lowest BCUT2D eigenvalue weighted by molar-refractivity contribution is 0.102. The lowest BCUT2D eigenvalue weighted by atomic mass is 10.1. The van der Waals surface area contributed by atoms with E-state index in [0.717, 1.165) is 12.0 Å². The molecule has 0 radical (unpaired) electrons. The van der Waals surface area contributed by atoms with Gasteiger partial charge < -0.3 is 15.0 Å². The van der Waals surface area contributed by atoms with Crippen molar-refractivity contribution in [1.82, 2.24) is 4.31 Å². The van der Waals surface area contributed by atoms with E-state index >= 15 is 0 Å². The van der Waals surface area contributed by atoms with Crippen LogP contribution in [0.3, 0.4) is 0 Å². The van der Waals surface area contributed by atoms with Crippen molar-refractivity contribution >= 4 is 38.9 Å². The van der Waals surface area contributed by atoms with E-state index in [0.29, 0.717) is 53.9 Å². The number of ether oxygens (including phenoxy) is 1. The molecule has 1 N–H and O–H groups in total. The van der Waals surface area contributed by atoms with Crippen LogP contribution in [0.15, 0.2) is 71.6 Å². The van der Waals surface area contributed by atoms with Crippen molar-refractivity contribution in [2.75, 3.05) is 36.4 Å². The Morgan fingerprint density at radius 2 is 1.65 bits per heavy atom. The summed E-state index contributed by atoms with van der Waals surface area (Å²) >= 11 is 6.57. The van der Waals surface area contributed by atoms with Gasteiger partial charge >= 0.3 is 0 Å². The molecule has 1 amide bonds. The molecule has 0 spiro atoms. The van der Waals surface area contributed by atoms with Crippen LogP contribution >= 0.6 is 11.6 Å². The summed E-state index contributed by atoms with van der Waals surface area (Å²) in [6, 6.07) is 19.3. The molecule has 1 atom stereocenters. The molecule has 3 aromatic carbocycles. The van der Waals surface area contributed by atoms with Gasteiger partial charge in [-0.15, -0.1) is 0 Å². The number of para-hydroxylation sites is 1. The van der Waals surface area contributed by atoms with E-state index in [9.17, 15) is 13.2 Å². The van der Waals surface area contributed by atoms with E-state index in [1.165, 1.54) is 4.31 Å². The number of carbonyl (C=O) groups is 1. The van der Waals surface area contributed by atoms with Gasteiger partial charge in [-0.05, 0) is 68.8 Å². The maximum Gasteiger partial charge on any atom is 0.255 e. The topological polar surface area (TPSA) is 79.0 Å². The van der Waals surface area contributed by atoms with E-state index in [-0.39, 0.29) is 16.9 Å². The van der Waals surface area contributed by atoms with E-state index in [2.05, 4.69) is 12.2 Å². The molecule has 1 aliphatic heterocycles. The third-order valence-corrected chi connectivity index (χ3v) is 8.70. The third kappa shape index (κ3) is 6.26. The highest BCUT2D eigenvalue weighted by atomic mass is 35.5. The Hall–Kier alpha value is -3.07. The number of carbonyl (C=O) groups excluding carboxylic acids is 1. The van der Waals surface area contributed by atoms with Gasteiger partial charge in [0.15, 0.2) is 0 Å². The zero-order valence-corrected chi connectivity index (χ0v) is 22.8. The van der Waals surface area contributed by atoms with Crippen LogP contribution in [0.2, 0.25) is 5.02 Å². The molecule has 196 valence electrons. The number of sulfonamides is 1. The molecule has 0 saturated carbocycles. The van der Waals surface area contributed by atoms with Crippen molar-refractivity contribution < 1.29 is 17.9 Å². The maximum absolute atomic E-state index is 13.1. The molecule has 7 nitrogen and oxygen atoms in total. The summed E-state index contributed by atoms with van der Waals surface area (Å²) in [7, 11) is -3.58. The molecule has 1 heterocycles. The summed E-state index contributed by atoms with van der Waals surface area (Å²) in [6.07, 6.45) is 0.993.